The fourth-order valence-electron chi connectivity index (χ4n) is 1.53. The monoisotopic (exact) mass is 295 g/mol. The lowest BCUT2D eigenvalue weighted by atomic mass is 10.2. The second kappa shape index (κ2) is 5.95. The third kappa shape index (κ3) is 3.40. The van der Waals surface area contributed by atoms with Crippen LogP contribution in [0.3, 0.4) is 0 Å². The lowest BCUT2D eigenvalue weighted by molar-refractivity contribution is 0.102. The van der Waals surface area contributed by atoms with E-state index in [1.807, 2.05) is 0 Å². The first-order valence-electron chi connectivity index (χ1n) is 5.50. The minimum atomic E-state index is -0.244. The van der Waals surface area contributed by atoms with Crippen LogP contribution in [-0.2, 0) is 0 Å². The zero-order valence-corrected chi connectivity index (χ0v) is 11.6. The Morgan fingerprint density at radius 1 is 1.11 bits per heavy atom. The molecule has 98 valence electrons. The van der Waals surface area contributed by atoms with Gasteiger partial charge < -0.3 is 10.1 Å². The number of nitrogens with one attached hydrogen (secondary N) is 1. The molecule has 0 aliphatic carbocycles. The van der Waals surface area contributed by atoms with E-state index in [9.17, 15) is 4.79 Å². The van der Waals surface area contributed by atoms with Gasteiger partial charge in [0.05, 0.1) is 17.8 Å². The molecule has 0 aliphatic heterocycles. The molecule has 0 saturated heterocycles. The molecule has 0 spiro atoms. The molecule has 2 aromatic rings. The first-order chi connectivity index (χ1) is 9.10. The van der Waals surface area contributed by atoms with E-state index in [1.165, 1.54) is 0 Å². The minimum absolute atomic E-state index is 0.244. The number of carbonyl (C=O) groups excluding carboxylic acids is 1. The Morgan fingerprint density at radius 3 is 2.37 bits per heavy atom. The third-order valence-electron chi connectivity index (χ3n) is 2.53. The largest absolute Gasteiger partial charge is 0.497 e. The van der Waals surface area contributed by atoms with Crippen LogP contribution in [0.15, 0.2) is 42.5 Å². The molecule has 0 aromatic heterocycles. The van der Waals surface area contributed by atoms with Crippen LogP contribution in [0.2, 0.25) is 10.0 Å². The molecule has 0 fully saturated rings. The summed E-state index contributed by atoms with van der Waals surface area (Å²) >= 11 is 11.8. The topological polar surface area (TPSA) is 38.3 Å². The van der Waals surface area contributed by atoms with Crippen LogP contribution in [-0.4, -0.2) is 13.0 Å². The Bertz CT molecular complexity index is 597. The summed E-state index contributed by atoms with van der Waals surface area (Å²) in [6.45, 7) is 0. The maximum Gasteiger partial charge on any atom is 0.255 e. The molecule has 0 radical (unpaired) electrons. The third-order valence-corrected chi connectivity index (χ3v) is 3.08. The van der Waals surface area contributed by atoms with Gasteiger partial charge in [-0.2, -0.15) is 0 Å². The highest BCUT2D eigenvalue weighted by Crippen LogP contribution is 2.25. The molecule has 0 bridgehead atoms. The van der Waals surface area contributed by atoms with Gasteiger partial charge in [-0.15, -0.1) is 0 Å². The summed E-state index contributed by atoms with van der Waals surface area (Å²) in [6.07, 6.45) is 0. The van der Waals surface area contributed by atoms with Crippen LogP contribution < -0.4 is 10.1 Å². The second-order valence-electron chi connectivity index (χ2n) is 3.81. The highest BCUT2D eigenvalue weighted by Gasteiger charge is 2.08. The zero-order valence-electron chi connectivity index (χ0n) is 10.1. The molecule has 0 atom stereocenters. The number of benzene rings is 2. The lowest BCUT2D eigenvalue weighted by Gasteiger charge is -2.08. The van der Waals surface area contributed by atoms with E-state index < -0.39 is 0 Å². The van der Waals surface area contributed by atoms with Gasteiger partial charge in [-0.25, -0.2) is 0 Å². The van der Waals surface area contributed by atoms with E-state index in [4.69, 9.17) is 27.9 Å². The molecular formula is C14H11Cl2NO2. The first kappa shape index (κ1) is 13.7. The highest BCUT2D eigenvalue weighted by molar-refractivity contribution is 6.36. The summed E-state index contributed by atoms with van der Waals surface area (Å²) in [7, 11) is 1.57. The van der Waals surface area contributed by atoms with Gasteiger partial charge in [-0.3, -0.25) is 4.79 Å². The summed E-state index contributed by atoms with van der Waals surface area (Å²) in [5, 5.41) is 3.64. The molecule has 3 nitrogen and oxygen atoms in total. The average molecular weight is 296 g/mol. The van der Waals surface area contributed by atoms with Gasteiger partial charge in [0, 0.05) is 10.6 Å². The molecule has 0 aliphatic rings. The Kier molecular flexibility index (Phi) is 4.30. The fourth-order valence-corrected chi connectivity index (χ4v) is 1.98. The summed E-state index contributed by atoms with van der Waals surface area (Å²) in [6, 6.07) is 11.7. The van der Waals surface area contributed by atoms with Crippen molar-refractivity contribution in [1.82, 2.24) is 0 Å². The van der Waals surface area contributed by atoms with Crippen LogP contribution in [0, 0.1) is 0 Å². The predicted octanol–water partition coefficient (Wildman–Crippen LogP) is 4.25. The molecule has 5 heteroatoms. The highest BCUT2D eigenvalue weighted by atomic mass is 35.5. The number of carbonyl (C=O) groups is 1. The van der Waals surface area contributed by atoms with Crippen molar-refractivity contribution in [3.05, 3.63) is 58.1 Å². The van der Waals surface area contributed by atoms with E-state index in [0.717, 1.165) is 0 Å². The minimum Gasteiger partial charge on any atom is -0.497 e. The zero-order chi connectivity index (χ0) is 13.8. The number of amides is 1. The van der Waals surface area contributed by atoms with Crippen molar-refractivity contribution in [2.24, 2.45) is 0 Å². The fraction of sp³-hybridized carbons (Fsp3) is 0.0714. The predicted molar refractivity (Wildman–Crippen MR) is 77.4 cm³/mol. The van der Waals surface area contributed by atoms with Gasteiger partial charge in [-0.05, 0) is 42.5 Å². The van der Waals surface area contributed by atoms with Crippen molar-refractivity contribution >= 4 is 34.8 Å². The molecule has 0 saturated carbocycles. The number of hydrogen-bond donors (Lipinski definition) is 1. The van der Waals surface area contributed by atoms with E-state index in [1.54, 1.807) is 49.6 Å². The van der Waals surface area contributed by atoms with Gasteiger partial charge in [0.25, 0.3) is 5.91 Å². The maximum atomic E-state index is 12.0. The number of anilines is 1. The Morgan fingerprint density at radius 2 is 1.79 bits per heavy atom. The SMILES string of the molecule is COc1ccc(C(=O)Nc2ccc(Cl)cc2Cl)cc1. The molecule has 1 amide bonds. The smallest absolute Gasteiger partial charge is 0.255 e. The first-order valence-corrected chi connectivity index (χ1v) is 6.26. The van der Waals surface area contributed by atoms with Gasteiger partial charge in [0.2, 0.25) is 0 Å². The summed E-state index contributed by atoms with van der Waals surface area (Å²) in [5.41, 5.74) is 1.04. The number of rotatable bonds is 3. The second-order valence-corrected chi connectivity index (χ2v) is 4.65. The van der Waals surface area contributed by atoms with Gasteiger partial charge in [0.15, 0.2) is 0 Å². The van der Waals surface area contributed by atoms with Crippen molar-refractivity contribution in [3.63, 3.8) is 0 Å². The maximum absolute atomic E-state index is 12.0. The van der Waals surface area contributed by atoms with Crippen molar-refractivity contribution < 1.29 is 9.53 Å². The van der Waals surface area contributed by atoms with Crippen molar-refractivity contribution in [2.75, 3.05) is 12.4 Å². The van der Waals surface area contributed by atoms with Crippen LogP contribution in [0.4, 0.5) is 5.69 Å². The van der Waals surface area contributed by atoms with E-state index in [0.29, 0.717) is 27.0 Å². The molecular weight excluding hydrogens is 285 g/mol. The number of hydrogen-bond acceptors (Lipinski definition) is 2. The normalized spacial score (nSPS) is 10.1. The van der Waals surface area contributed by atoms with Crippen LogP contribution >= 0.6 is 23.2 Å². The summed E-state index contributed by atoms with van der Waals surface area (Å²) < 4.78 is 5.03. The van der Waals surface area contributed by atoms with E-state index in [2.05, 4.69) is 5.32 Å². The van der Waals surface area contributed by atoms with E-state index >= 15 is 0 Å². The molecule has 2 rings (SSSR count). The molecule has 19 heavy (non-hydrogen) atoms. The number of methoxy groups -OCH3 is 1. The van der Waals surface area contributed by atoms with E-state index in [-0.39, 0.29) is 5.91 Å². The quantitative estimate of drug-likeness (QED) is 0.919. The molecule has 0 heterocycles. The van der Waals surface area contributed by atoms with Gasteiger partial charge in [0.1, 0.15) is 5.75 Å². The molecule has 2 aromatic carbocycles. The number of ether oxygens (including phenoxy) is 1. The van der Waals surface area contributed by atoms with Crippen molar-refractivity contribution in [2.45, 2.75) is 0 Å². The van der Waals surface area contributed by atoms with Gasteiger partial charge in [-0.1, -0.05) is 23.2 Å². The van der Waals surface area contributed by atoms with Crippen LogP contribution in [0.25, 0.3) is 0 Å². The van der Waals surface area contributed by atoms with Crippen molar-refractivity contribution in [3.8, 4) is 5.75 Å². The summed E-state index contributed by atoms with van der Waals surface area (Å²) in [4.78, 5) is 12.0. The van der Waals surface area contributed by atoms with Crippen LogP contribution in [0.1, 0.15) is 10.4 Å². The average Bonchev–Trinajstić information content (AvgIpc) is 2.42. The Balaban J connectivity index is 2.15. The Hall–Kier alpha value is -1.71. The molecule has 0 unspecified atom stereocenters. The standard InChI is InChI=1S/C14H11Cl2NO2/c1-19-11-5-2-9(3-6-11)14(18)17-13-7-4-10(15)8-12(13)16/h2-8H,1H3,(H,17,18). The van der Waals surface area contributed by atoms with Crippen molar-refractivity contribution in [1.29, 1.82) is 0 Å². The van der Waals surface area contributed by atoms with Gasteiger partial charge >= 0.3 is 0 Å². The lowest BCUT2D eigenvalue weighted by Crippen LogP contribution is -2.12. The van der Waals surface area contributed by atoms with Crippen LogP contribution in [0.5, 0.6) is 5.75 Å². The number of halogens is 2. The Labute approximate surface area is 121 Å². The summed E-state index contributed by atoms with van der Waals surface area (Å²) in [5.74, 6) is 0.452. The molecule has 1 N–H and O–H groups in total.